The number of hydrogen-bond acceptors (Lipinski definition) is 3. The Morgan fingerprint density at radius 2 is 2.29 bits per heavy atom. The van der Waals surface area contributed by atoms with Crippen LogP contribution in [0.5, 0.6) is 0 Å². The zero-order valence-corrected chi connectivity index (χ0v) is 12.0. The third-order valence-electron chi connectivity index (χ3n) is 3.83. The van der Waals surface area contributed by atoms with Crippen molar-refractivity contribution in [2.45, 2.75) is 25.8 Å². The monoisotopic (exact) mass is 289 g/mol. The van der Waals surface area contributed by atoms with Crippen LogP contribution in [0.25, 0.3) is 0 Å². The van der Waals surface area contributed by atoms with Crippen molar-refractivity contribution in [2.24, 2.45) is 5.92 Å². The topological polar surface area (TPSA) is 56.1 Å². The highest BCUT2D eigenvalue weighted by molar-refractivity contribution is 5.78. The minimum absolute atomic E-state index is 0.0279. The molecule has 5 heteroatoms. The number of carbonyl (C=O) groups is 1. The summed E-state index contributed by atoms with van der Waals surface area (Å²) in [4.78, 5) is 14.3. The van der Waals surface area contributed by atoms with Gasteiger partial charge < -0.3 is 10.2 Å². The molecule has 0 radical (unpaired) electrons. The average molecular weight is 289 g/mol. The number of carbonyl (C=O) groups excluding carboxylic acids is 1. The lowest BCUT2D eigenvalue weighted by molar-refractivity contribution is -0.126. The SMILES string of the molecule is N#CCCN1CCCC(C(=O)NCc2ccccc2F)C1. The molecule has 0 aromatic heterocycles. The van der Waals surface area contributed by atoms with Crippen LogP contribution in [-0.4, -0.2) is 30.4 Å². The van der Waals surface area contributed by atoms with E-state index >= 15 is 0 Å². The minimum Gasteiger partial charge on any atom is -0.352 e. The van der Waals surface area contributed by atoms with Crippen molar-refractivity contribution >= 4 is 5.91 Å². The molecule has 1 aromatic carbocycles. The molecule has 1 aliphatic heterocycles. The summed E-state index contributed by atoms with van der Waals surface area (Å²) in [5.41, 5.74) is 0.503. The molecular weight excluding hydrogens is 269 g/mol. The van der Waals surface area contributed by atoms with E-state index in [2.05, 4.69) is 16.3 Å². The Balaban J connectivity index is 1.83. The Hall–Kier alpha value is -1.93. The average Bonchev–Trinajstić information content (AvgIpc) is 2.52. The molecular formula is C16H20FN3O. The molecule has 0 spiro atoms. The Bertz CT molecular complexity index is 526. The lowest BCUT2D eigenvalue weighted by Gasteiger charge is -2.31. The summed E-state index contributed by atoms with van der Waals surface area (Å²) in [6.07, 6.45) is 2.30. The summed E-state index contributed by atoms with van der Waals surface area (Å²) >= 11 is 0. The van der Waals surface area contributed by atoms with E-state index in [1.165, 1.54) is 6.07 Å². The van der Waals surface area contributed by atoms with Crippen LogP contribution in [0.2, 0.25) is 0 Å². The summed E-state index contributed by atoms with van der Waals surface area (Å²) in [6, 6.07) is 8.59. The van der Waals surface area contributed by atoms with Crippen LogP contribution in [0.4, 0.5) is 4.39 Å². The van der Waals surface area contributed by atoms with Gasteiger partial charge in [-0.3, -0.25) is 4.79 Å². The van der Waals surface area contributed by atoms with Crippen LogP contribution in [-0.2, 0) is 11.3 Å². The molecule has 1 N–H and O–H groups in total. The first kappa shape index (κ1) is 15.5. The van der Waals surface area contributed by atoms with Gasteiger partial charge in [0, 0.05) is 31.6 Å². The van der Waals surface area contributed by atoms with E-state index in [4.69, 9.17) is 5.26 Å². The number of hydrogen-bond donors (Lipinski definition) is 1. The van der Waals surface area contributed by atoms with E-state index in [1.807, 2.05) is 0 Å². The Labute approximate surface area is 124 Å². The molecule has 0 saturated carbocycles. The van der Waals surface area contributed by atoms with Gasteiger partial charge in [0.2, 0.25) is 5.91 Å². The number of halogens is 1. The number of nitrogens with one attached hydrogen (secondary N) is 1. The molecule has 0 bridgehead atoms. The Morgan fingerprint density at radius 1 is 1.48 bits per heavy atom. The molecule has 1 fully saturated rings. The van der Waals surface area contributed by atoms with Crippen molar-refractivity contribution in [1.82, 2.24) is 10.2 Å². The minimum atomic E-state index is -0.294. The van der Waals surface area contributed by atoms with E-state index in [9.17, 15) is 9.18 Å². The van der Waals surface area contributed by atoms with Gasteiger partial charge in [-0.05, 0) is 25.5 Å². The molecule has 21 heavy (non-hydrogen) atoms. The zero-order valence-electron chi connectivity index (χ0n) is 12.0. The van der Waals surface area contributed by atoms with Crippen LogP contribution >= 0.6 is 0 Å². The number of amides is 1. The Kier molecular flexibility index (Phi) is 5.70. The molecule has 1 saturated heterocycles. The maximum Gasteiger partial charge on any atom is 0.224 e. The molecule has 1 atom stereocenters. The van der Waals surface area contributed by atoms with Gasteiger partial charge in [0.25, 0.3) is 0 Å². The quantitative estimate of drug-likeness (QED) is 0.903. The number of nitrogens with zero attached hydrogens (tertiary/aromatic N) is 2. The first-order valence-electron chi connectivity index (χ1n) is 7.31. The van der Waals surface area contributed by atoms with Gasteiger partial charge in [0.15, 0.2) is 0 Å². The van der Waals surface area contributed by atoms with Gasteiger partial charge in [-0.2, -0.15) is 5.26 Å². The van der Waals surface area contributed by atoms with Crippen LogP contribution in [0, 0.1) is 23.1 Å². The third-order valence-corrected chi connectivity index (χ3v) is 3.83. The fourth-order valence-electron chi connectivity index (χ4n) is 2.65. The van der Waals surface area contributed by atoms with Crippen molar-refractivity contribution in [3.8, 4) is 6.07 Å². The van der Waals surface area contributed by atoms with E-state index in [-0.39, 0.29) is 24.2 Å². The van der Waals surface area contributed by atoms with E-state index in [0.29, 0.717) is 25.1 Å². The summed E-state index contributed by atoms with van der Waals surface area (Å²) in [6.45, 7) is 2.57. The third kappa shape index (κ3) is 4.54. The van der Waals surface area contributed by atoms with Crippen LogP contribution in [0.3, 0.4) is 0 Å². The molecule has 1 heterocycles. The smallest absolute Gasteiger partial charge is 0.224 e. The molecule has 1 aliphatic rings. The van der Waals surface area contributed by atoms with Gasteiger partial charge in [-0.25, -0.2) is 4.39 Å². The Morgan fingerprint density at radius 3 is 3.05 bits per heavy atom. The predicted octanol–water partition coefficient (Wildman–Crippen LogP) is 2.07. The van der Waals surface area contributed by atoms with Crippen molar-refractivity contribution in [3.05, 3.63) is 35.6 Å². The summed E-state index contributed by atoms with van der Waals surface area (Å²) in [5, 5.41) is 11.4. The predicted molar refractivity (Wildman–Crippen MR) is 77.6 cm³/mol. The van der Waals surface area contributed by atoms with Crippen molar-refractivity contribution in [3.63, 3.8) is 0 Å². The van der Waals surface area contributed by atoms with Gasteiger partial charge >= 0.3 is 0 Å². The van der Waals surface area contributed by atoms with E-state index in [1.54, 1.807) is 18.2 Å². The second kappa shape index (κ2) is 7.75. The normalized spacial score (nSPS) is 19.0. The summed E-state index contributed by atoms with van der Waals surface area (Å²) in [7, 11) is 0. The zero-order chi connectivity index (χ0) is 15.1. The maximum absolute atomic E-state index is 13.5. The van der Waals surface area contributed by atoms with Crippen molar-refractivity contribution in [2.75, 3.05) is 19.6 Å². The van der Waals surface area contributed by atoms with Gasteiger partial charge in [0.05, 0.1) is 12.0 Å². The standard InChI is InChI=1S/C16H20FN3O/c17-15-7-2-1-5-13(15)11-19-16(21)14-6-3-9-20(12-14)10-4-8-18/h1-2,5,7,14H,3-4,6,9-12H2,(H,19,21). The van der Waals surface area contributed by atoms with Crippen LogP contribution < -0.4 is 5.32 Å². The summed E-state index contributed by atoms with van der Waals surface area (Å²) < 4.78 is 13.5. The second-order valence-electron chi connectivity index (χ2n) is 5.36. The lowest BCUT2D eigenvalue weighted by Crippen LogP contribution is -2.43. The highest BCUT2D eigenvalue weighted by atomic mass is 19.1. The van der Waals surface area contributed by atoms with Gasteiger partial charge in [-0.1, -0.05) is 18.2 Å². The van der Waals surface area contributed by atoms with Gasteiger partial charge in [0.1, 0.15) is 5.82 Å². The number of likely N-dealkylation sites (tertiary alicyclic amines) is 1. The second-order valence-corrected chi connectivity index (χ2v) is 5.36. The van der Waals surface area contributed by atoms with Crippen molar-refractivity contribution in [1.29, 1.82) is 5.26 Å². The van der Waals surface area contributed by atoms with E-state index < -0.39 is 0 Å². The van der Waals surface area contributed by atoms with Crippen LogP contribution in [0.15, 0.2) is 24.3 Å². The first-order chi connectivity index (χ1) is 10.2. The fraction of sp³-hybridized carbons (Fsp3) is 0.500. The molecule has 4 nitrogen and oxygen atoms in total. The maximum atomic E-state index is 13.5. The molecule has 1 aromatic rings. The number of rotatable bonds is 5. The van der Waals surface area contributed by atoms with E-state index in [0.717, 1.165) is 19.4 Å². The highest BCUT2D eigenvalue weighted by Gasteiger charge is 2.25. The largest absolute Gasteiger partial charge is 0.352 e. The first-order valence-corrected chi connectivity index (χ1v) is 7.31. The number of nitriles is 1. The lowest BCUT2D eigenvalue weighted by atomic mass is 9.97. The number of piperidine rings is 1. The molecule has 112 valence electrons. The molecule has 2 rings (SSSR count). The molecule has 1 unspecified atom stereocenters. The highest BCUT2D eigenvalue weighted by Crippen LogP contribution is 2.17. The molecule has 0 aliphatic carbocycles. The van der Waals surface area contributed by atoms with Crippen molar-refractivity contribution < 1.29 is 9.18 Å². The number of benzene rings is 1. The fourth-order valence-corrected chi connectivity index (χ4v) is 2.65. The molecule has 1 amide bonds. The van der Waals surface area contributed by atoms with Crippen LogP contribution in [0.1, 0.15) is 24.8 Å². The van der Waals surface area contributed by atoms with Gasteiger partial charge in [-0.15, -0.1) is 0 Å². The summed E-state index contributed by atoms with van der Waals surface area (Å²) in [5.74, 6) is -0.388.